The smallest absolute Gasteiger partial charge is 0.290 e. The lowest BCUT2D eigenvalue weighted by molar-refractivity contribution is 0.0720. The zero-order chi connectivity index (χ0) is 22.8. The predicted molar refractivity (Wildman–Crippen MR) is 121 cm³/mol. The van der Waals surface area contributed by atoms with E-state index in [0.29, 0.717) is 28.8 Å². The van der Waals surface area contributed by atoms with E-state index < -0.39 is 11.9 Å². The third-order valence-corrected chi connectivity index (χ3v) is 6.11. The Labute approximate surface area is 186 Å². The number of carbonyl (C=O) groups excluding carboxylic acids is 1. The van der Waals surface area contributed by atoms with Crippen LogP contribution in [0, 0.1) is 5.82 Å². The SMILES string of the molecule is CCN(CC)CCCN1C(=O)c2oc3cc(OC)ccc3c(=O)c2C1c1cccc(F)c1. The molecule has 0 bridgehead atoms. The van der Waals surface area contributed by atoms with Crippen LogP contribution in [0.3, 0.4) is 0 Å². The molecule has 4 rings (SSSR count). The minimum atomic E-state index is -0.687. The molecule has 2 aromatic carbocycles. The fourth-order valence-electron chi connectivity index (χ4n) is 4.38. The van der Waals surface area contributed by atoms with Crippen LogP contribution in [0.5, 0.6) is 5.75 Å². The zero-order valence-electron chi connectivity index (χ0n) is 18.6. The van der Waals surface area contributed by atoms with Gasteiger partial charge < -0.3 is 19.0 Å². The summed E-state index contributed by atoms with van der Waals surface area (Å²) in [4.78, 5) is 30.8. The standard InChI is InChI=1S/C25H27FN2O4/c1-4-27(5-2)12-7-13-28-22(16-8-6-9-17(26)14-16)21-23(29)19-11-10-18(31-3)15-20(19)32-24(21)25(28)30/h6,8-11,14-15,22H,4-5,7,12-13H2,1-3H3. The van der Waals surface area contributed by atoms with Crippen molar-refractivity contribution in [3.05, 3.63) is 75.4 Å². The maximum atomic E-state index is 14.1. The van der Waals surface area contributed by atoms with Crippen molar-refractivity contribution < 1.29 is 18.3 Å². The van der Waals surface area contributed by atoms with Crippen molar-refractivity contribution in [1.82, 2.24) is 9.80 Å². The molecule has 1 aliphatic rings. The number of hydrogen-bond acceptors (Lipinski definition) is 5. The van der Waals surface area contributed by atoms with E-state index in [-0.39, 0.29) is 22.7 Å². The zero-order valence-corrected chi connectivity index (χ0v) is 18.6. The highest BCUT2D eigenvalue weighted by molar-refractivity contribution is 5.99. The molecule has 0 saturated heterocycles. The average molecular weight is 438 g/mol. The Kier molecular flexibility index (Phi) is 6.28. The van der Waals surface area contributed by atoms with Crippen LogP contribution in [0.1, 0.15) is 48.0 Å². The fraction of sp³-hybridized carbons (Fsp3) is 0.360. The first kappa shape index (κ1) is 22.0. The maximum Gasteiger partial charge on any atom is 0.290 e. The van der Waals surface area contributed by atoms with Crippen molar-refractivity contribution in [1.29, 1.82) is 0 Å². The van der Waals surface area contributed by atoms with Crippen LogP contribution in [0.25, 0.3) is 11.0 Å². The lowest BCUT2D eigenvalue weighted by atomic mass is 9.98. The Bertz CT molecular complexity index is 1200. The van der Waals surface area contributed by atoms with Crippen LogP contribution >= 0.6 is 0 Å². The van der Waals surface area contributed by atoms with Crippen LogP contribution < -0.4 is 10.2 Å². The molecular weight excluding hydrogens is 411 g/mol. The van der Waals surface area contributed by atoms with Gasteiger partial charge in [0.05, 0.1) is 24.1 Å². The molecule has 0 aliphatic carbocycles. The van der Waals surface area contributed by atoms with Gasteiger partial charge in [-0.2, -0.15) is 0 Å². The van der Waals surface area contributed by atoms with Crippen molar-refractivity contribution in [2.24, 2.45) is 0 Å². The summed E-state index contributed by atoms with van der Waals surface area (Å²) in [5.74, 6) is -0.214. The lowest BCUT2D eigenvalue weighted by Crippen LogP contribution is -2.33. The summed E-state index contributed by atoms with van der Waals surface area (Å²) in [5, 5.41) is 0.365. The number of carbonyl (C=O) groups is 1. The van der Waals surface area contributed by atoms with Gasteiger partial charge in [-0.3, -0.25) is 9.59 Å². The Hall–Kier alpha value is -3.19. The number of methoxy groups -OCH3 is 1. The molecule has 7 heteroatoms. The Morgan fingerprint density at radius 3 is 2.59 bits per heavy atom. The van der Waals surface area contributed by atoms with Gasteiger partial charge >= 0.3 is 0 Å². The number of nitrogens with zero attached hydrogens (tertiary/aromatic N) is 2. The number of hydrogen-bond donors (Lipinski definition) is 0. The van der Waals surface area contributed by atoms with E-state index in [0.717, 1.165) is 26.1 Å². The molecule has 1 unspecified atom stereocenters. The van der Waals surface area contributed by atoms with Crippen molar-refractivity contribution in [3.8, 4) is 5.75 Å². The van der Waals surface area contributed by atoms with Crippen LogP contribution in [0.4, 0.5) is 4.39 Å². The van der Waals surface area contributed by atoms with Gasteiger partial charge in [-0.25, -0.2) is 4.39 Å². The number of halogens is 1. The number of ether oxygens (including phenoxy) is 1. The summed E-state index contributed by atoms with van der Waals surface area (Å²) in [6.45, 7) is 7.29. The second kappa shape index (κ2) is 9.12. The number of fused-ring (bicyclic) bond motifs is 2. The number of amides is 1. The molecule has 1 amide bonds. The molecule has 1 aromatic heterocycles. The van der Waals surface area contributed by atoms with Gasteiger partial charge in [-0.15, -0.1) is 0 Å². The Balaban J connectivity index is 1.81. The van der Waals surface area contributed by atoms with E-state index in [4.69, 9.17) is 9.15 Å². The number of rotatable bonds is 8. The van der Waals surface area contributed by atoms with E-state index >= 15 is 0 Å². The maximum absolute atomic E-state index is 14.1. The monoisotopic (exact) mass is 438 g/mol. The summed E-state index contributed by atoms with van der Waals surface area (Å²) in [6.07, 6.45) is 0.731. The van der Waals surface area contributed by atoms with E-state index in [1.807, 2.05) is 0 Å². The summed E-state index contributed by atoms with van der Waals surface area (Å²) < 4.78 is 25.3. The molecule has 0 N–H and O–H groups in total. The van der Waals surface area contributed by atoms with E-state index in [9.17, 15) is 14.0 Å². The predicted octanol–water partition coefficient (Wildman–Crippen LogP) is 4.22. The first-order valence-electron chi connectivity index (χ1n) is 10.9. The van der Waals surface area contributed by atoms with Crippen LogP contribution in [0.15, 0.2) is 51.7 Å². The van der Waals surface area contributed by atoms with Crippen molar-refractivity contribution >= 4 is 16.9 Å². The highest BCUT2D eigenvalue weighted by atomic mass is 19.1. The summed E-state index contributed by atoms with van der Waals surface area (Å²) in [6, 6.07) is 10.3. The van der Waals surface area contributed by atoms with Gasteiger partial charge in [0.15, 0.2) is 5.43 Å². The molecule has 3 aromatic rings. The van der Waals surface area contributed by atoms with Crippen molar-refractivity contribution in [2.45, 2.75) is 26.3 Å². The highest BCUT2D eigenvalue weighted by Gasteiger charge is 2.42. The molecule has 0 spiro atoms. The van der Waals surface area contributed by atoms with Crippen molar-refractivity contribution in [2.75, 3.05) is 33.3 Å². The molecule has 0 fully saturated rings. The number of benzene rings is 2. The highest BCUT2D eigenvalue weighted by Crippen LogP contribution is 2.38. The molecule has 0 saturated carbocycles. The molecule has 2 heterocycles. The van der Waals surface area contributed by atoms with Crippen molar-refractivity contribution in [3.63, 3.8) is 0 Å². The quantitative estimate of drug-likeness (QED) is 0.527. The minimum Gasteiger partial charge on any atom is -0.497 e. The fourth-order valence-corrected chi connectivity index (χ4v) is 4.38. The van der Waals surface area contributed by atoms with E-state index in [2.05, 4.69) is 18.7 Å². The van der Waals surface area contributed by atoms with Gasteiger partial charge in [-0.05, 0) is 55.9 Å². The molecular formula is C25H27FN2O4. The largest absolute Gasteiger partial charge is 0.497 e. The molecule has 168 valence electrons. The molecule has 1 atom stereocenters. The second-order valence-corrected chi connectivity index (χ2v) is 7.87. The minimum absolute atomic E-state index is 0.0212. The Morgan fingerprint density at radius 2 is 1.91 bits per heavy atom. The Morgan fingerprint density at radius 1 is 1.12 bits per heavy atom. The topological polar surface area (TPSA) is 63.0 Å². The van der Waals surface area contributed by atoms with Gasteiger partial charge in [0.25, 0.3) is 5.91 Å². The van der Waals surface area contributed by atoms with Crippen LogP contribution in [0.2, 0.25) is 0 Å². The first-order chi connectivity index (χ1) is 15.5. The van der Waals surface area contributed by atoms with Crippen LogP contribution in [-0.2, 0) is 0 Å². The van der Waals surface area contributed by atoms with Crippen LogP contribution in [-0.4, -0.2) is 49.0 Å². The molecule has 0 radical (unpaired) electrons. The average Bonchev–Trinajstić information content (AvgIpc) is 3.08. The molecule has 32 heavy (non-hydrogen) atoms. The normalized spacial score (nSPS) is 15.6. The summed E-state index contributed by atoms with van der Waals surface area (Å²) >= 11 is 0. The first-order valence-corrected chi connectivity index (χ1v) is 10.9. The van der Waals surface area contributed by atoms with Gasteiger partial charge in [0.1, 0.15) is 17.1 Å². The summed E-state index contributed by atoms with van der Waals surface area (Å²) in [5.41, 5.74) is 0.836. The van der Waals surface area contributed by atoms with Gasteiger partial charge in [0.2, 0.25) is 5.76 Å². The van der Waals surface area contributed by atoms with E-state index in [1.165, 1.54) is 19.2 Å². The van der Waals surface area contributed by atoms with Gasteiger partial charge in [-0.1, -0.05) is 26.0 Å². The molecule has 1 aliphatic heterocycles. The third kappa shape index (κ3) is 3.88. The summed E-state index contributed by atoms with van der Waals surface area (Å²) in [7, 11) is 1.52. The van der Waals surface area contributed by atoms with Gasteiger partial charge in [0, 0.05) is 12.6 Å². The lowest BCUT2D eigenvalue weighted by Gasteiger charge is -2.26. The second-order valence-electron chi connectivity index (χ2n) is 7.87. The third-order valence-electron chi connectivity index (χ3n) is 6.11. The van der Waals surface area contributed by atoms with E-state index in [1.54, 1.807) is 35.2 Å². The molecule has 6 nitrogen and oxygen atoms in total.